The minimum absolute atomic E-state index is 0.320. The van der Waals surface area contributed by atoms with Gasteiger partial charge in [-0.15, -0.1) is 0 Å². The third-order valence-electron chi connectivity index (χ3n) is 2.65. The highest BCUT2D eigenvalue weighted by molar-refractivity contribution is 9.10. The molecule has 0 saturated heterocycles. The Morgan fingerprint density at radius 2 is 2.05 bits per heavy atom. The molecule has 0 aliphatic heterocycles. The van der Waals surface area contributed by atoms with Gasteiger partial charge in [-0.05, 0) is 30.3 Å². The van der Waals surface area contributed by atoms with Gasteiger partial charge in [0.1, 0.15) is 5.75 Å². The molecule has 0 unspecified atom stereocenters. The van der Waals surface area contributed by atoms with E-state index in [0.29, 0.717) is 27.7 Å². The molecule has 0 radical (unpaired) electrons. The number of carbonyl (C=O) groups excluding carboxylic acids is 1. The van der Waals surface area contributed by atoms with Crippen LogP contribution in [-0.4, -0.2) is 13.0 Å². The summed E-state index contributed by atoms with van der Waals surface area (Å²) in [5.41, 5.74) is 7.13. The highest BCUT2D eigenvalue weighted by atomic mass is 79.9. The number of hydrogen-bond acceptors (Lipinski definition) is 3. The van der Waals surface area contributed by atoms with Crippen LogP contribution in [0.2, 0.25) is 5.02 Å². The van der Waals surface area contributed by atoms with Crippen molar-refractivity contribution >= 4 is 44.8 Å². The first-order valence-corrected chi connectivity index (χ1v) is 6.88. The van der Waals surface area contributed by atoms with Crippen molar-refractivity contribution in [1.29, 1.82) is 0 Å². The Balaban J connectivity index is 2.30. The van der Waals surface area contributed by atoms with Gasteiger partial charge >= 0.3 is 0 Å². The molecule has 0 spiro atoms. The molecule has 0 aliphatic carbocycles. The van der Waals surface area contributed by atoms with Gasteiger partial charge in [0.25, 0.3) is 5.91 Å². The Hall–Kier alpha value is -1.72. The van der Waals surface area contributed by atoms with Gasteiger partial charge in [-0.25, -0.2) is 0 Å². The fourth-order valence-corrected chi connectivity index (χ4v) is 2.24. The maximum Gasteiger partial charge on any atom is 0.257 e. The number of halogens is 2. The summed E-state index contributed by atoms with van der Waals surface area (Å²) in [6, 6.07) is 10.1. The first kappa shape index (κ1) is 14.7. The Labute approximate surface area is 130 Å². The second-order valence-electron chi connectivity index (χ2n) is 4.04. The number of methoxy groups -OCH3 is 1. The smallest absolute Gasteiger partial charge is 0.257 e. The van der Waals surface area contributed by atoms with E-state index in [0.717, 1.165) is 4.47 Å². The standard InChI is InChI=1S/C14H12BrClN2O2/c1-20-13-7-9(17)3-5-12(13)18-14(19)10-6-8(15)2-4-11(10)16/h2-7H,17H2,1H3,(H,18,19). The SMILES string of the molecule is COc1cc(N)ccc1NC(=O)c1cc(Br)ccc1Cl. The monoisotopic (exact) mass is 354 g/mol. The van der Waals surface area contributed by atoms with E-state index in [9.17, 15) is 4.79 Å². The molecule has 1 amide bonds. The minimum Gasteiger partial charge on any atom is -0.494 e. The van der Waals surface area contributed by atoms with Crippen molar-refractivity contribution in [2.45, 2.75) is 0 Å². The summed E-state index contributed by atoms with van der Waals surface area (Å²) in [6.07, 6.45) is 0. The number of amides is 1. The second-order valence-corrected chi connectivity index (χ2v) is 5.36. The van der Waals surface area contributed by atoms with Crippen LogP contribution in [-0.2, 0) is 0 Å². The van der Waals surface area contributed by atoms with Crippen LogP contribution in [0.15, 0.2) is 40.9 Å². The molecule has 20 heavy (non-hydrogen) atoms. The summed E-state index contributed by atoms with van der Waals surface area (Å²) in [5.74, 6) is 0.170. The number of ether oxygens (including phenoxy) is 1. The molecule has 3 N–H and O–H groups in total. The van der Waals surface area contributed by atoms with E-state index in [2.05, 4.69) is 21.2 Å². The summed E-state index contributed by atoms with van der Waals surface area (Å²) in [5, 5.41) is 3.12. The zero-order valence-electron chi connectivity index (χ0n) is 10.6. The van der Waals surface area contributed by atoms with Gasteiger partial charge in [-0.3, -0.25) is 4.79 Å². The van der Waals surface area contributed by atoms with E-state index in [1.165, 1.54) is 7.11 Å². The molecule has 0 atom stereocenters. The third-order valence-corrected chi connectivity index (χ3v) is 3.47. The summed E-state index contributed by atoms with van der Waals surface area (Å²) in [6.45, 7) is 0. The Morgan fingerprint density at radius 3 is 2.75 bits per heavy atom. The molecule has 6 heteroatoms. The van der Waals surface area contributed by atoms with Crippen molar-refractivity contribution in [1.82, 2.24) is 0 Å². The lowest BCUT2D eigenvalue weighted by atomic mass is 10.2. The normalized spacial score (nSPS) is 10.2. The fourth-order valence-electron chi connectivity index (χ4n) is 1.67. The van der Waals surface area contributed by atoms with Crippen LogP contribution >= 0.6 is 27.5 Å². The molecule has 0 bridgehead atoms. The van der Waals surface area contributed by atoms with E-state index in [4.69, 9.17) is 22.1 Å². The van der Waals surface area contributed by atoms with Crippen LogP contribution in [0.25, 0.3) is 0 Å². The molecular weight excluding hydrogens is 344 g/mol. The molecule has 0 heterocycles. The number of carbonyl (C=O) groups is 1. The first-order valence-electron chi connectivity index (χ1n) is 5.71. The van der Waals surface area contributed by atoms with Crippen molar-refractivity contribution < 1.29 is 9.53 Å². The van der Waals surface area contributed by atoms with Gasteiger partial charge in [0.05, 0.1) is 23.4 Å². The van der Waals surface area contributed by atoms with Gasteiger partial charge in [0.2, 0.25) is 0 Å². The van der Waals surface area contributed by atoms with Crippen LogP contribution in [0.4, 0.5) is 11.4 Å². The molecule has 0 saturated carbocycles. The van der Waals surface area contributed by atoms with Gasteiger partial charge in [0.15, 0.2) is 0 Å². The van der Waals surface area contributed by atoms with E-state index >= 15 is 0 Å². The van der Waals surface area contributed by atoms with Crippen LogP contribution in [0, 0.1) is 0 Å². The van der Waals surface area contributed by atoms with Crippen LogP contribution in [0.5, 0.6) is 5.75 Å². The Bertz CT molecular complexity index is 662. The maximum atomic E-state index is 12.2. The van der Waals surface area contributed by atoms with E-state index in [-0.39, 0.29) is 5.91 Å². The van der Waals surface area contributed by atoms with Crippen LogP contribution in [0.3, 0.4) is 0 Å². The van der Waals surface area contributed by atoms with E-state index in [1.54, 1.807) is 36.4 Å². The summed E-state index contributed by atoms with van der Waals surface area (Å²) in [4.78, 5) is 12.2. The molecule has 2 aromatic rings. The number of benzene rings is 2. The number of hydrogen-bond donors (Lipinski definition) is 2. The molecule has 2 rings (SSSR count). The number of nitrogens with one attached hydrogen (secondary N) is 1. The molecule has 2 aromatic carbocycles. The first-order chi connectivity index (χ1) is 9.51. The van der Waals surface area contributed by atoms with Gasteiger partial charge in [-0.2, -0.15) is 0 Å². The molecule has 0 aliphatic rings. The number of anilines is 2. The maximum absolute atomic E-state index is 12.2. The molecular formula is C14H12BrClN2O2. The van der Waals surface area contributed by atoms with Gasteiger partial charge in [-0.1, -0.05) is 27.5 Å². The molecule has 4 nitrogen and oxygen atoms in total. The van der Waals surface area contributed by atoms with Crippen molar-refractivity contribution in [2.75, 3.05) is 18.2 Å². The summed E-state index contributed by atoms with van der Waals surface area (Å²) in [7, 11) is 1.51. The quantitative estimate of drug-likeness (QED) is 0.820. The zero-order chi connectivity index (χ0) is 14.7. The predicted octanol–water partition coefficient (Wildman–Crippen LogP) is 3.95. The fraction of sp³-hybridized carbons (Fsp3) is 0.0714. The lowest BCUT2D eigenvalue weighted by Crippen LogP contribution is -2.13. The van der Waals surface area contributed by atoms with Crippen molar-refractivity contribution in [3.8, 4) is 5.75 Å². The van der Waals surface area contributed by atoms with Crippen molar-refractivity contribution in [3.05, 3.63) is 51.5 Å². The van der Waals surface area contributed by atoms with E-state index in [1.807, 2.05) is 0 Å². The predicted molar refractivity (Wildman–Crippen MR) is 84.5 cm³/mol. The number of nitrogens with two attached hydrogens (primary N) is 1. The minimum atomic E-state index is -0.320. The summed E-state index contributed by atoms with van der Waals surface area (Å²) >= 11 is 9.33. The van der Waals surface area contributed by atoms with Gasteiger partial charge < -0.3 is 15.8 Å². The number of nitrogen functional groups attached to an aromatic ring is 1. The Kier molecular flexibility index (Phi) is 4.52. The van der Waals surface area contributed by atoms with Crippen LogP contribution < -0.4 is 15.8 Å². The Morgan fingerprint density at radius 1 is 1.30 bits per heavy atom. The van der Waals surface area contributed by atoms with Gasteiger partial charge in [0, 0.05) is 16.2 Å². The average molecular weight is 356 g/mol. The lowest BCUT2D eigenvalue weighted by Gasteiger charge is -2.11. The zero-order valence-corrected chi connectivity index (χ0v) is 13.0. The second kappa shape index (κ2) is 6.15. The molecule has 0 aromatic heterocycles. The topological polar surface area (TPSA) is 64.3 Å². The van der Waals surface area contributed by atoms with Crippen molar-refractivity contribution in [3.63, 3.8) is 0 Å². The molecule has 104 valence electrons. The van der Waals surface area contributed by atoms with E-state index < -0.39 is 0 Å². The molecule has 0 fully saturated rings. The largest absolute Gasteiger partial charge is 0.494 e. The average Bonchev–Trinajstić information content (AvgIpc) is 2.43. The lowest BCUT2D eigenvalue weighted by molar-refractivity contribution is 0.102. The highest BCUT2D eigenvalue weighted by Gasteiger charge is 2.13. The number of rotatable bonds is 3. The highest BCUT2D eigenvalue weighted by Crippen LogP contribution is 2.28. The summed E-state index contributed by atoms with van der Waals surface area (Å²) < 4.78 is 5.95. The van der Waals surface area contributed by atoms with Crippen molar-refractivity contribution in [2.24, 2.45) is 0 Å². The third kappa shape index (κ3) is 3.23. The van der Waals surface area contributed by atoms with Crippen LogP contribution in [0.1, 0.15) is 10.4 Å².